The van der Waals surface area contributed by atoms with Crippen LogP contribution in [0.4, 0.5) is 21.5 Å². The van der Waals surface area contributed by atoms with Gasteiger partial charge in [0.15, 0.2) is 0 Å². The van der Waals surface area contributed by atoms with Gasteiger partial charge in [-0.1, -0.05) is 18.2 Å². The molecular formula is C17H18FN3O3. The first kappa shape index (κ1) is 16.2. The molecule has 1 aliphatic rings. The molecule has 0 unspecified atom stereocenters. The number of para-hydroxylation sites is 1. The third kappa shape index (κ3) is 3.62. The Labute approximate surface area is 139 Å². The number of nitrogens with zero attached hydrogens (tertiary/aromatic N) is 2. The molecule has 0 bridgehead atoms. The van der Waals surface area contributed by atoms with Crippen LogP contribution in [0.3, 0.4) is 0 Å². The molecule has 0 aliphatic carbocycles. The van der Waals surface area contributed by atoms with Gasteiger partial charge in [0.2, 0.25) is 0 Å². The largest absolute Gasteiger partial charge is 0.378 e. The van der Waals surface area contributed by atoms with Crippen molar-refractivity contribution in [1.29, 1.82) is 0 Å². The van der Waals surface area contributed by atoms with Gasteiger partial charge in [-0.25, -0.2) is 4.39 Å². The highest BCUT2D eigenvalue weighted by Crippen LogP contribution is 2.27. The Balaban J connectivity index is 1.79. The fourth-order valence-corrected chi connectivity index (χ4v) is 2.77. The average Bonchev–Trinajstić information content (AvgIpc) is 2.61. The van der Waals surface area contributed by atoms with Crippen molar-refractivity contribution in [3.63, 3.8) is 0 Å². The Bertz CT molecular complexity index is 733. The Morgan fingerprint density at radius 1 is 1.21 bits per heavy atom. The monoisotopic (exact) mass is 331 g/mol. The van der Waals surface area contributed by atoms with E-state index < -0.39 is 10.7 Å². The van der Waals surface area contributed by atoms with E-state index in [1.807, 2.05) is 24.3 Å². The Hall–Kier alpha value is -2.67. The van der Waals surface area contributed by atoms with E-state index in [-0.39, 0.29) is 5.69 Å². The second-order valence-corrected chi connectivity index (χ2v) is 5.50. The summed E-state index contributed by atoms with van der Waals surface area (Å²) in [6.07, 6.45) is 0. The normalized spacial score (nSPS) is 14.5. The molecule has 2 aromatic carbocycles. The van der Waals surface area contributed by atoms with Crippen molar-refractivity contribution in [3.05, 3.63) is 64.0 Å². The van der Waals surface area contributed by atoms with Crippen LogP contribution in [-0.4, -0.2) is 31.2 Å². The summed E-state index contributed by atoms with van der Waals surface area (Å²) in [4.78, 5) is 12.7. The van der Waals surface area contributed by atoms with Crippen molar-refractivity contribution in [2.24, 2.45) is 0 Å². The first-order valence-corrected chi connectivity index (χ1v) is 7.73. The summed E-state index contributed by atoms with van der Waals surface area (Å²) in [5.74, 6) is -0.624. The predicted molar refractivity (Wildman–Crippen MR) is 89.9 cm³/mol. The molecule has 1 heterocycles. The zero-order valence-electron chi connectivity index (χ0n) is 13.1. The number of ether oxygens (including phenoxy) is 1. The molecule has 1 saturated heterocycles. The lowest BCUT2D eigenvalue weighted by Crippen LogP contribution is -2.36. The van der Waals surface area contributed by atoms with Gasteiger partial charge >= 0.3 is 0 Å². The number of morpholine rings is 1. The Kier molecular flexibility index (Phi) is 4.90. The van der Waals surface area contributed by atoms with E-state index in [0.29, 0.717) is 25.4 Å². The smallest absolute Gasteiger partial charge is 0.295 e. The number of rotatable bonds is 5. The molecule has 3 rings (SSSR count). The van der Waals surface area contributed by atoms with Crippen LogP contribution < -0.4 is 10.2 Å². The lowest BCUT2D eigenvalue weighted by molar-refractivity contribution is -0.384. The molecule has 0 aromatic heterocycles. The molecule has 2 aromatic rings. The summed E-state index contributed by atoms with van der Waals surface area (Å²) >= 11 is 0. The maximum absolute atomic E-state index is 13.2. The van der Waals surface area contributed by atoms with Gasteiger partial charge in [0.25, 0.3) is 5.69 Å². The predicted octanol–water partition coefficient (Wildman–Crippen LogP) is 3.18. The molecule has 6 nitrogen and oxygen atoms in total. The topological polar surface area (TPSA) is 67.6 Å². The SMILES string of the molecule is O=[N+]([O-])c1cc(F)ccc1NCc1ccccc1N1CCOCC1. The lowest BCUT2D eigenvalue weighted by Gasteiger charge is -2.30. The molecule has 0 amide bonds. The van der Waals surface area contributed by atoms with Crippen molar-refractivity contribution in [2.75, 3.05) is 36.5 Å². The lowest BCUT2D eigenvalue weighted by atomic mass is 10.1. The van der Waals surface area contributed by atoms with E-state index in [1.54, 1.807) is 0 Å². The van der Waals surface area contributed by atoms with Crippen LogP contribution in [0.15, 0.2) is 42.5 Å². The molecule has 7 heteroatoms. The highest BCUT2D eigenvalue weighted by molar-refractivity contribution is 5.63. The molecule has 0 spiro atoms. The zero-order valence-corrected chi connectivity index (χ0v) is 13.1. The fraction of sp³-hybridized carbons (Fsp3) is 0.294. The van der Waals surface area contributed by atoms with E-state index in [9.17, 15) is 14.5 Å². The Morgan fingerprint density at radius 2 is 1.96 bits per heavy atom. The highest BCUT2D eigenvalue weighted by Gasteiger charge is 2.17. The molecule has 0 radical (unpaired) electrons. The quantitative estimate of drug-likeness (QED) is 0.673. The van der Waals surface area contributed by atoms with Crippen molar-refractivity contribution < 1.29 is 14.1 Å². The van der Waals surface area contributed by atoms with E-state index >= 15 is 0 Å². The molecule has 126 valence electrons. The average molecular weight is 331 g/mol. The summed E-state index contributed by atoms with van der Waals surface area (Å²) in [6.45, 7) is 3.41. The second kappa shape index (κ2) is 7.27. The summed E-state index contributed by atoms with van der Waals surface area (Å²) in [5, 5.41) is 14.1. The van der Waals surface area contributed by atoms with Crippen molar-refractivity contribution >= 4 is 17.1 Å². The number of nitrogens with one attached hydrogen (secondary N) is 1. The third-order valence-corrected chi connectivity index (χ3v) is 3.97. The standard InChI is InChI=1S/C17H18FN3O3/c18-14-5-6-15(17(11-14)21(22)23)19-12-13-3-1-2-4-16(13)20-7-9-24-10-8-20/h1-6,11,19H,7-10,12H2. The van der Waals surface area contributed by atoms with Gasteiger partial charge < -0.3 is 15.0 Å². The molecule has 24 heavy (non-hydrogen) atoms. The van der Waals surface area contributed by atoms with Gasteiger partial charge in [-0.05, 0) is 23.8 Å². The number of halogens is 1. The fourth-order valence-electron chi connectivity index (χ4n) is 2.77. The number of benzene rings is 2. The van der Waals surface area contributed by atoms with Crippen LogP contribution in [0.1, 0.15) is 5.56 Å². The van der Waals surface area contributed by atoms with E-state index in [0.717, 1.165) is 30.4 Å². The number of nitro benzene ring substituents is 1. The van der Waals surface area contributed by atoms with Gasteiger partial charge in [0.05, 0.1) is 24.2 Å². The zero-order chi connectivity index (χ0) is 16.9. The molecular weight excluding hydrogens is 313 g/mol. The van der Waals surface area contributed by atoms with Gasteiger partial charge in [-0.15, -0.1) is 0 Å². The van der Waals surface area contributed by atoms with Crippen molar-refractivity contribution in [2.45, 2.75) is 6.54 Å². The van der Waals surface area contributed by atoms with E-state index in [4.69, 9.17) is 4.74 Å². The molecule has 1 fully saturated rings. The maximum Gasteiger partial charge on any atom is 0.295 e. The highest BCUT2D eigenvalue weighted by atomic mass is 19.1. The minimum absolute atomic E-state index is 0.265. The summed E-state index contributed by atoms with van der Waals surface area (Å²) in [5.41, 5.74) is 2.15. The minimum atomic E-state index is -0.624. The van der Waals surface area contributed by atoms with Crippen molar-refractivity contribution in [1.82, 2.24) is 0 Å². The van der Waals surface area contributed by atoms with Gasteiger partial charge in [-0.3, -0.25) is 10.1 Å². The van der Waals surface area contributed by atoms with Crippen LogP contribution >= 0.6 is 0 Å². The number of anilines is 2. The van der Waals surface area contributed by atoms with Crippen LogP contribution in [0.2, 0.25) is 0 Å². The summed E-state index contributed by atoms with van der Waals surface area (Å²) in [6, 6.07) is 11.4. The number of hydrogen-bond acceptors (Lipinski definition) is 5. The molecule has 1 aliphatic heterocycles. The van der Waals surface area contributed by atoms with Crippen LogP contribution in [0, 0.1) is 15.9 Å². The second-order valence-electron chi connectivity index (χ2n) is 5.50. The van der Waals surface area contributed by atoms with Crippen LogP contribution in [0.5, 0.6) is 0 Å². The molecule has 1 N–H and O–H groups in total. The van der Waals surface area contributed by atoms with E-state index in [2.05, 4.69) is 10.2 Å². The summed E-state index contributed by atoms with van der Waals surface area (Å²) in [7, 11) is 0. The summed E-state index contributed by atoms with van der Waals surface area (Å²) < 4.78 is 18.6. The number of hydrogen-bond donors (Lipinski definition) is 1. The first-order chi connectivity index (χ1) is 11.6. The molecule has 0 atom stereocenters. The van der Waals surface area contributed by atoms with E-state index in [1.165, 1.54) is 12.1 Å². The number of nitro groups is 1. The molecule has 0 saturated carbocycles. The van der Waals surface area contributed by atoms with Crippen LogP contribution in [-0.2, 0) is 11.3 Å². The van der Waals surface area contributed by atoms with Crippen LogP contribution in [0.25, 0.3) is 0 Å². The van der Waals surface area contributed by atoms with Crippen molar-refractivity contribution in [3.8, 4) is 0 Å². The van der Waals surface area contributed by atoms with Gasteiger partial charge in [0, 0.05) is 25.3 Å². The van der Waals surface area contributed by atoms with Gasteiger partial charge in [0.1, 0.15) is 11.5 Å². The van der Waals surface area contributed by atoms with Gasteiger partial charge in [-0.2, -0.15) is 0 Å². The minimum Gasteiger partial charge on any atom is -0.378 e. The maximum atomic E-state index is 13.2. The Morgan fingerprint density at radius 3 is 2.71 bits per heavy atom. The first-order valence-electron chi connectivity index (χ1n) is 7.73. The third-order valence-electron chi connectivity index (χ3n) is 3.97.